The lowest BCUT2D eigenvalue weighted by Gasteiger charge is -2.20. The number of carbonyl (C=O) groups excluding carboxylic acids is 1. The standard InChI is InChI=1S/C20H19N3O5/c1-11-12(2)28-17-16(14(10-21)15(11)19(25)26-3)18(24)23(20(22-17)27-4)13-8-6-5-7-9-13/h5-9,11-12H,1-4H3. The number of nitrogens with zero attached hydrogens (tertiary/aromatic N) is 3. The molecule has 2 aromatic rings. The van der Waals surface area contributed by atoms with Gasteiger partial charge in [-0.3, -0.25) is 4.79 Å². The largest absolute Gasteiger partial charge is 0.473 e. The second-order valence-corrected chi connectivity index (χ2v) is 6.26. The Bertz CT molecular complexity index is 1050. The fourth-order valence-electron chi connectivity index (χ4n) is 3.11. The van der Waals surface area contributed by atoms with Crippen molar-refractivity contribution in [2.45, 2.75) is 20.0 Å². The first-order chi connectivity index (χ1) is 13.4. The average Bonchev–Trinajstić information content (AvgIpc) is 2.82. The van der Waals surface area contributed by atoms with E-state index in [0.717, 1.165) is 0 Å². The number of rotatable bonds is 3. The van der Waals surface area contributed by atoms with E-state index in [1.165, 1.54) is 18.8 Å². The summed E-state index contributed by atoms with van der Waals surface area (Å²) in [5.41, 5.74) is -0.193. The SMILES string of the molecule is COC(=O)C1=C(C#N)c2c(nc(OC)n(-c3ccccc3)c2=O)OC(C)C1C. The number of hydrogen-bond acceptors (Lipinski definition) is 7. The first kappa shape index (κ1) is 19.2. The van der Waals surface area contributed by atoms with Crippen LogP contribution in [0.1, 0.15) is 19.4 Å². The van der Waals surface area contributed by atoms with Crippen molar-refractivity contribution >= 4 is 11.5 Å². The maximum atomic E-state index is 13.4. The van der Waals surface area contributed by atoms with Gasteiger partial charge in [0.2, 0.25) is 5.88 Å². The molecule has 2 heterocycles. The topological polar surface area (TPSA) is 103 Å². The number of fused-ring (bicyclic) bond motifs is 1. The Balaban J connectivity index is 2.44. The number of methoxy groups -OCH3 is 2. The molecule has 144 valence electrons. The fourth-order valence-corrected chi connectivity index (χ4v) is 3.11. The third-order valence-corrected chi connectivity index (χ3v) is 4.71. The predicted octanol–water partition coefficient (Wildman–Crippen LogP) is 2.11. The molecule has 1 aliphatic rings. The third-order valence-electron chi connectivity index (χ3n) is 4.71. The van der Waals surface area contributed by atoms with Crippen molar-refractivity contribution in [1.29, 1.82) is 5.26 Å². The number of ether oxygens (including phenoxy) is 3. The van der Waals surface area contributed by atoms with E-state index in [1.807, 2.05) is 6.07 Å². The van der Waals surface area contributed by atoms with Crippen molar-refractivity contribution in [3.8, 4) is 23.6 Å². The summed E-state index contributed by atoms with van der Waals surface area (Å²) in [6, 6.07) is 10.7. The van der Waals surface area contributed by atoms with Crippen LogP contribution < -0.4 is 15.0 Å². The van der Waals surface area contributed by atoms with Crippen LogP contribution in [0.5, 0.6) is 11.9 Å². The van der Waals surface area contributed by atoms with E-state index in [1.54, 1.807) is 44.2 Å². The molecule has 2 atom stereocenters. The summed E-state index contributed by atoms with van der Waals surface area (Å²) in [7, 11) is 2.61. The van der Waals surface area contributed by atoms with E-state index in [2.05, 4.69) is 4.98 Å². The number of esters is 1. The number of carbonyl (C=O) groups is 1. The molecule has 28 heavy (non-hydrogen) atoms. The number of nitriles is 1. The quantitative estimate of drug-likeness (QED) is 0.750. The van der Waals surface area contributed by atoms with Crippen LogP contribution in [0, 0.1) is 17.2 Å². The van der Waals surface area contributed by atoms with Crippen molar-refractivity contribution in [2.24, 2.45) is 5.92 Å². The van der Waals surface area contributed by atoms with E-state index >= 15 is 0 Å². The number of para-hydroxylation sites is 1. The molecule has 0 saturated carbocycles. The highest BCUT2D eigenvalue weighted by Crippen LogP contribution is 2.36. The number of aromatic nitrogens is 2. The van der Waals surface area contributed by atoms with Crippen LogP contribution in [0.3, 0.4) is 0 Å². The summed E-state index contributed by atoms with van der Waals surface area (Å²) in [4.78, 5) is 30.1. The zero-order valence-electron chi connectivity index (χ0n) is 15.9. The van der Waals surface area contributed by atoms with Gasteiger partial charge in [-0.2, -0.15) is 10.2 Å². The van der Waals surface area contributed by atoms with Crippen LogP contribution in [0.25, 0.3) is 11.3 Å². The maximum absolute atomic E-state index is 13.4. The van der Waals surface area contributed by atoms with Gasteiger partial charge in [0.05, 0.1) is 31.1 Å². The minimum absolute atomic E-state index is 0.00797. The molecule has 0 bridgehead atoms. The van der Waals surface area contributed by atoms with Gasteiger partial charge in [0.25, 0.3) is 5.56 Å². The van der Waals surface area contributed by atoms with Crippen LogP contribution in [0.15, 0.2) is 40.7 Å². The van der Waals surface area contributed by atoms with Gasteiger partial charge in [-0.1, -0.05) is 25.1 Å². The first-order valence-corrected chi connectivity index (χ1v) is 8.60. The summed E-state index contributed by atoms with van der Waals surface area (Å²) in [5.74, 6) is -1.23. The van der Waals surface area contributed by atoms with Crippen LogP contribution in [0.2, 0.25) is 0 Å². The third kappa shape index (κ3) is 3.01. The second kappa shape index (κ2) is 7.56. The maximum Gasteiger partial charge on any atom is 0.335 e. The summed E-state index contributed by atoms with van der Waals surface area (Å²) in [6.45, 7) is 3.46. The monoisotopic (exact) mass is 381 g/mol. The van der Waals surface area contributed by atoms with Crippen molar-refractivity contribution in [3.63, 3.8) is 0 Å². The summed E-state index contributed by atoms with van der Waals surface area (Å²) >= 11 is 0. The van der Waals surface area contributed by atoms with Gasteiger partial charge in [-0.15, -0.1) is 0 Å². The minimum Gasteiger partial charge on any atom is -0.473 e. The second-order valence-electron chi connectivity index (χ2n) is 6.26. The normalized spacial score (nSPS) is 18.4. The number of hydrogen-bond donors (Lipinski definition) is 0. The highest BCUT2D eigenvalue weighted by atomic mass is 16.5. The van der Waals surface area contributed by atoms with Crippen LogP contribution >= 0.6 is 0 Å². The Morgan fingerprint density at radius 3 is 2.50 bits per heavy atom. The molecule has 0 amide bonds. The lowest BCUT2D eigenvalue weighted by Crippen LogP contribution is -2.27. The molecule has 8 heteroatoms. The summed E-state index contributed by atoms with van der Waals surface area (Å²) < 4.78 is 17.2. The molecule has 0 fully saturated rings. The smallest absolute Gasteiger partial charge is 0.335 e. The molecule has 1 aromatic heterocycles. The Morgan fingerprint density at radius 2 is 1.93 bits per heavy atom. The minimum atomic E-state index is -0.686. The van der Waals surface area contributed by atoms with Gasteiger partial charge in [0.1, 0.15) is 17.7 Å². The van der Waals surface area contributed by atoms with Gasteiger partial charge in [0, 0.05) is 5.92 Å². The molecular formula is C20H19N3O5. The summed E-state index contributed by atoms with van der Waals surface area (Å²) in [5, 5.41) is 9.82. The van der Waals surface area contributed by atoms with Gasteiger partial charge in [-0.05, 0) is 19.1 Å². The average molecular weight is 381 g/mol. The molecule has 1 aromatic carbocycles. The van der Waals surface area contributed by atoms with E-state index in [0.29, 0.717) is 5.69 Å². The van der Waals surface area contributed by atoms with Crippen molar-refractivity contribution in [3.05, 3.63) is 51.8 Å². The molecule has 0 radical (unpaired) electrons. The Hall–Kier alpha value is -3.60. The lowest BCUT2D eigenvalue weighted by molar-refractivity contribution is -0.136. The van der Waals surface area contributed by atoms with Gasteiger partial charge in [-0.25, -0.2) is 9.36 Å². The molecule has 0 saturated heterocycles. The fraction of sp³-hybridized carbons (Fsp3) is 0.300. The van der Waals surface area contributed by atoms with Gasteiger partial charge in [0.15, 0.2) is 0 Å². The molecule has 1 aliphatic heterocycles. The highest BCUT2D eigenvalue weighted by molar-refractivity contribution is 6.02. The zero-order chi connectivity index (χ0) is 20.4. The summed E-state index contributed by atoms with van der Waals surface area (Å²) in [6.07, 6.45) is -0.525. The van der Waals surface area contributed by atoms with Crippen LogP contribution in [-0.2, 0) is 9.53 Å². The Morgan fingerprint density at radius 1 is 1.25 bits per heavy atom. The van der Waals surface area contributed by atoms with Crippen molar-refractivity contribution in [2.75, 3.05) is 14.2 Å². The van der Waals surface area contributed by atoms with E-state index < -0.39 is 23.6 Å². The first-order valence-electron chi connectivity index (χ1n) is 8.60. The lowest BCUT2D eigenvalue weighted by atomic mass is 9.90. The zero-order valence-corrected chi connectivity index (χ0v) is 15.9. The van der Waals surface area contributed by atoms with Gasteiger partial charge >= 0.3 is 12.0 Å². The molecule has 0 N–H and O–H groups in total. The van der Waals surface area contributed by atoms with E-state index in [4.69, 9.17) is 14.2 Å². The van der Waals surface area contributed by atoms with Crippen molar-refractivity contribution in [1.82, 2.24) is 9.55 Å². The Kier molecular flexibility index (Phi) is 5.18. The number of allylic oxidation sites excluding steroid dienone is 1. The molecule has 0 spiro atoms. The Labute approximate surface area is 161 Å². The van der Waals surface area contributed by atoms with Crippen LogP contribution in [0.4, 0.5) is 0 Å². The van der Waals surface area contributed by atoms with E-state index in [9.17, 15) is 14.9 Å². The molecular weight excluding hydrogens is 362 g/mol. The van der Waals surface area contributed by atoms with E-state index in [-0.39, 0.29) is 28.6 Å². The molecule has 2 unspecified atom stereocenters. The number of benzene rings is 1. The van der Waals surface area contributed by atoms with Crippen LogP contribution in [-0.4, -0.2) is 35.8 Å². The molecule has 8 nitrogen and oxygen atoms in total. The predicted molar refractivity (Wildman–Crippen MR) is 100 cm³/mol. The molecule has 3 rings (SSSR count). The molecule has 0 aliphatic carbocycles. The van der Waals surface area contributed by atoms with Crippen molar-refractivity contribution < 1.29 is 19.0 Å². The highest BCUT2D eigenvalue weighted by Gasteiger charge is 2.36. The van der Waals surface area contributed by atoms with Gasteiger partial charge < -0.3 is 14.2 Å².